The van der Waals surface area contributed by atoms with E-state index in [1.807, 2.05) is 32.0 Å². The summed E-state index contributed by atoms with van der Waals surface area (Å²) in [4.78, 5) is 13.5. The molecule has 0 fully saturated rings. The van der Waals surface area contributed by atoms with Crippen LogP contribution < -0.4 is 5.32 Å². The number of nitrogens with zero attached hydrogens (tertiary/aromatic N) is 1. The van der Waals surface area contributed by atoms with E-state index in [4.69, 9.17) is 0 Å². The molecule has 0 saturated heterocycles. The minimum Gasteiger partial charge on any atom is -0.507 e. The van der Waals surface area contributed by atoms with E-state index in [-0.39, 0.29) is 24.1 Å². The largest absolute Gasteiger partial charge is 0.507 e. The smallest absolute Gasteiger partial charge is 0.317 e. The summed E-state index contributed by atoms with van der Waals surface area (Å²) in [6, 6.07) is 7.37. The molecule has 0 saturated carbocycles. The molecule has 2 aromatic rings. The summed E-state index contributed by atoms with van der Waals surface area (Å²) in [6.45, 7) is 10.2. The van der Waals surface area contributed by atoms with Crippen molar-refractivity contribution >= 4 is 11.6 Å². The molecule has 162 valence electrons. The van der Waals surface area contributed by atoms with Crippen LogP contribution in [-0.4, -0.2) is 35.2 Å². The fraction of sp³-hybridized carbons (Fsp3) is 0.400. The molecule has 5 nitrogen and oxygen atoms in total. The number of unbranched alkanes of at least 4 members (excludes halogenated alkanes) is 2. The van der Waals surface area contributed by atoms with Crippen LogP contribution in [0.15, 0.2) is 30.8 Å². The number of phenolic OH excluding ortho intramolecular Hbond substituents is 2. The molecule has 5 heteroatoms. The molecule has 0 aromatic heterocycles. The molecule has 0 aliphatic carbocycles. The highest BCUT2D eigenvalue weighted by Crippen LogP contribution is 2.44. The Morgan fingerprint density at radius 3 is 2.47 bits per heavy atom. The Kier molecular flexibility index (Phi) is 7.93. The van der Waals surface area contributed by atoms with Gasteiger partial charge in [0.1, 0.15) is 11.5 Å². The van der Waals surface area contributed by atoms with E-state index in [1.165, 1.54) is 4.90 Å². The van der Waals surface area contributed by atoms with Gasteiger partial charge in [-0.05, 0) is 49.4 Å². The number of urea groups is 1. The zero-order valence-corrected chi connectivity index (χ0v) is 18.8. The summed E-state index contributed by atoms with van der Waals surface area (Å²) in [5.74, 6) is 0.0449. The fourth-order valence-electron chi connectivity index (χ4n) is 3.56. The molecular formula is C25H34N2O3. The van der Waals surface area contributed by atoms with Crippen molar-refractivity contribution in [2.45, 2.75) is 53.0 Å². The van der Waals surface area contributed by atoms with E-state index in [0.29, 0.717) is 11.1 Å². The summed E-state index contributed by atoms with van der Waals surface area (Å²) in [5.41, 5.74) is 5.34. The van der Waals surface area contributed by atoms with Crippen LogP contribution in [0.2, 0.25) is 0 Å². The zero-order valence-electron chi connectivity index (χ0n) is 18.8. The first-order valence-corrected chi connectivity index (χ1v) is 10.5. The molecule has 2 rings (SSSR count). The SMILES string of the molecule is C=C(C)c1ccc(C)cc1-c1c(O)cc(CCCCC)c(CNC(=O)N(C)C)c1O. The Morgan fingerprint density at radius 2 is 1.87 bits per heavy atom. The van der Waals surface area contributed by atoms with Crippen LogP contribution in [0.1, 0.15) is 55.4 Å². The number of phenols is 2. The van der Waals surface area contributed by atoms with E-state index in [0.717, 1.165) is 53.5 Å². The van der Waals surface area contributed by atoms with Gasteiger partial charge in [0.2, 0.25) is 0 Å². The summed E-state index contributed by atoms with van der Waals surface area (Å²) in [6.07, 6.45) is 3.81. The summed E-state index contributed by atoms with van der Waals surface area (Å²) in [7, 11) is 3.34. The van der Waals surface area contributed by atoms with E-state index in [1.54, 1.807) is 20.2 Å². The first kappa shape index (κ1) is 23.3. The standard InChI is InChI=1S/C25H34N2O3/c1-7-8-9-10-18-14-22(28)23(20-13-17(4)11-12-19(20)16(2)3)24(29)21(18)15-26-25(30)27(5)6/h11-14,28-29H,2,7-10,15H2,1,3-6H3,(H,26,30). The van der Waals surface area contributed by atoms with Crippen LogP contribution in [0.4, 0.5) is 4.79 Å². The van der Waals surface area contributed by atoms with Crippen LogP contribution in [0, 0.1) is 6.92 Å². The Balaban J connectivity index is 2.63. The van der Waals surface area contributed by atoms with Gasteiger partial charge in [0.05, 0.1) is 5.56 Å². The van der Waals surface area contributed by atoms with Gasteiger partial charge in [-0.3, -0.25) is 0 Å². The number of carbonyl (C=O) groups is 1. The van der Waals surface area contributed by atoms with Crippen LogP contribution in [0.25, 0.3) is 16.7 Å². The molecule has 3 N–H and O–H groups in total. The van der Waals surface area contributed by atoms with Crippen molar-refractivity contribution in [3.05, 3.63) is 53.1 Å². The quantitative estimate of drug-likeness (QED) is 0.495. The van der Waals surface area contributed by atoms with E-state index in [9.17, 15) is 15.0 Å². The molecule has 0 aliphatic rings. The number of hydrogen-bond donors (Lipinski definition) is 3. The Labute approximate surface area is 180 Å². The third kappa shape index (κ3) is 5.35. The minimum absolute atomic E-state index is 0.00801. The molecule has 0 aliphatic heterocycles. The predicted molar refractivity (Wildman–Crippen MR) is 124 cm³/mol. The van der Waals surface area contributed by atoms with Crippen LogP contribution >= 0.6 is 0 Å². The van der Waals surface area contributed by atoms with Crippen molar-refractivity contribution in [2.75, 3.05) is 14.1 Å². The lowest BCUT2D eigenvalue weighted by atomic mass is 9.89. The molecule has 30 heavy (non-hydrogen) atoms. The fourth-order valence-corrected chi connectivity index (χ4v) is 3.56. The lowest BCUT2D eigenvalue weighted by Crippen LogP contribution is -2.34. The van der Waals surface area contributed by atoms with Gasteiger partial charge in [-0.2, -0.15) is 0 Å². The minimum atomic E-state index is -0.235. The van der Waals surface area contributed by atoms with Gasteiger partial charge in [-0.25, -0.2) is 4.79 Å². The predicted octanol–water partition coefficient (Wildman–Crippen LogP) is 5.61. The molecule has 2 amide bonds. The molecule has 0 spiro atoms. The Hall–Kier alpha value is -2.95. The van der Waals surface area contributed by atoms with Gasteiger partial charge < -0.3 is 20.4 Å². The van der Waals surface area contributed by atoms with Crippen LogP contribution in [0.3, 0.4) is 0 Å². The number of hydrogen-bond acceptors (Lipinski definition) is 3. The second-order valence-corrected chi connectivity index (χ2v) is 8.10. The number of nitrogens with one attached hydrogen (secondary N) is 1. The third-order valence-corrected chi connectivity index (χ3v) is 5.25. The highest BCUT2D eigenvalue weighted by molar-refractivity contribution is 5.87. The second-order valence-electron chi connectivity index (χ2n) is 8.10. The van der Waals surface area contributed by atoms with Crippen molar-refractivity contribution in [1.82, 2.24) is 10.2 Å². The molecule has 0 unspecified atom stereocenters. The normalized spacial score (nSPS) is 10.7. The van der Waals surface area contributed by atoms with E-state index < -0.39 is 0 Å². The number of aromatic hydroxyl groups is 2. The summed E-state index contributed by atoms with van der Waals surface area (Å²) >= 11 is 0. The maximum absolute atomic E-state index is 12.1. The number of allylic oxidation sites excluding steroid dienone is 1. The summed E-state index contributed by atoms with van der Waals surface area (Å²) < 4.78 is 0. The van der Waals surface area contributed by atoms with Crippen LogP contribution in [0.5, 0.6) is 11.5 Å². The molecule has 0 atom stereocenters. The molecule has 0 bridgehead atoms. The zero-order chi connectivity index (χ0) is 22.4. The molecular weight excluding hydrogens is 376 g/mol. The Bertz CT molecular complexity index is 932. The van der Waals surface area contributed by atoms with Gasteiger partial charge in [-0.15, -0.1) is 0 Å². The van der Waals surface area contributed by atoms with Gasteiger partial charge >= 0.3 is 6.03 Å². The maximum atomic E-state index is 12.1. The van der Waals surface area contributed by atoms with Crippen molar-refractivity contribution in [3.8, 4) is 22.6 Å². The van der Waals surface area contributed by atoms with Gasteiger partial charge in [0.15, 0.2) is 0 Å². The molecule has 2 aromatic carbocycles. The average molecular weight is 411 g/mol. The number of benzene rings is 2. The van der Waals surface area contributed by atoms with Gasteiger partial charge in [0.25, 0.3) is 0 Å². The van der Waals surface area contributed by atoms with Crippen molar-refractivity contribution in [1.29, 1.82) is 0 Å². The number of aryl methyl sites for hydroxylation is 2. The molecule has 0 heterocycles. The Morgan fingerprint density at radius 1 is 1.17 bits per heavy atom. The highest BCUT2D eigenvalue weighted by atomic mass is 16.3. The van der Waals surface area contributed by atoms with Gasteiger partial charge in [-0.1, -0.05) is 55.7 Å². The van der Waals surface area contributed by atoms with Crippen LogP contribution in [-0.2, 0) is 13.0 Å². The average Bonchev–Trinajstić information content (AvgIpc) is 2.67. The first-order chi connectivity index (χ1) is 14.2. The topological polar surface area (TPSA) is 72.8 Å². The van der Waals surface area contributed by atoms with E-state index in [2.05, 4.69) is 18.8 Å². The maximum Gasteiger partial charge on any atom is 0.317 e. The monoisotopic (exact) mass is 410 g/mol. The highest BCUT2D eigenvalue weighted by Gasteiger charge is 2.21. The van der Waals surface area contributed by atoms with E-state index >= 15 is 0 Å². The number of rotatable bonds is 8. The third-order valence-electron chi connectivity index (χ3n) is 5.25. The van der Waals surface area contributed by atoms with Crippen molar-refractivity contribution in [2.24, 2.45) is 0 Å². The first-order valence-electron chi connectivity index (χ1n) is 10.5. The number of amides is 2. The molecule has 0 radical (unpaired) electrons. The van der Waals surface area contributed by atoms with Gasteiger partial charge in [0, 0.05) is 26.2 Å². The lowest BCUT2D eigenvalue weighted by Gasteiger charge is -2.20. The second kappa shape index (κ2) is 10.2. The summed E-state index contributed by atoms with van der Waals surface area (Å²) in [5, 5.41) is 25.0. The van der Waals surface area contributed by atoms with Crippen molar-refractivity contribution < 1.29 is 15.0 Å². The number of carbonyl (C=O) groups excluding carboxylic acids is 1. The lowest BCUT2D eigenvalue weighted by molar-refractivity contribution is 0.217. The van der Waals surface area contributed by atoms with Crippen molar-refractivity contribution in [3.63, 3.8) is 0 Å².